The number of benzene rings is 1. The lowest BCUT2D eigenvalue weighted by Crippen LogP contribution is -1.96. The average molecular weight is 299 g/mol. The quantitative estimate of drug-likeness (QED) is 0.884. The second-order valence-corrected chi connectivity index (χ2v) is 5.34. The number of hydrogen-bond acceptors (Lipinski definition) is 4. The lowest BCUT2D eigenvalue weighted by atomic mass is 10.3. The maximum atomic E-state index is 5.71. The summed E-state index contributed by atoms with van der Waals surface area (Å²) in [6.45, 7) is 2.45. The molecule has 0 radical (unpaired) electrons. The van der Waals surface area contributed by atoms with Crippen molar-refractivity contribution in [1.82, 2.24) is 4.98 Å². The number of halogens is 1. The van der Waals surface area contributed by atoms with Crippen LogP contribution in [0.2, 0.25) is 0 Å². The SMILES string of the molecule is Cc1nc(COc2cc(N)cc(Br)c2)cs1. The summed E-state index contributed by atoms with van der Waals surface area (Å²) in [5.74, 6) is 0.748. The highest BCUT2D eigenvalue weighted by molar-refractivity contribution is 9.10. The van der Waals surface area contributed by atoms with Gasteiger partial charge in [-0.15, -0.1) is 11.3 Å². The second-order valence-electron chi connectivity index (χ2n) is 3.37. The normalized spacial score (nSPS) is 10.4. The molecule has 84 valence electrons. The molecule has 1 heterocycles. The molecule has 16 heavy (non-hydrogen) atoms. The minimum atomic E-state index is 0.472. The van der Waals surface area contributed by atoms with E-state index in [0.29, 0.717) is 12.3 Å². The van der Waals surface area contributed by atoms with Gasteiger partial charge in [0.05, 0.1) is 10.7 Å². The van der Waals surface area contributed by atoms with Crippen molar-refractivity contribution >= 4 is 33.0 Å². The highest BCUT2D eigenvalue weighted by Gasteiger charge is 2.01. The average Bonchev–Trinajstić information content (AvgIpc) is 2.60. The summed E-state index contributed by atoms with van der Waals surface area (Å²) in [5.41, 5.74) is 7.33. The zero-order valence-electron chi connectivity index (χ0n) is 8.74. The van der Waals surface area contributed by atoms with Crippen LogP contribution in [0.1, 0.15) is 10.7 Å². The molecule has 0 saturated heterocycles. The van der Waals surface area contributed by atoms with E-state index in [9.17, 15) is 0 Å². The van der Waals surface area contributed by atoms with Gasteiger partial charge < -0.3 is 10.5 Å². The molecule has 0 aliphatic heterocycles. The molecular weight excluding hydrogens is 288 g/mol. The number of nitrogens with two attached hydrogens (primary N) is 1. The van der Waals surface area contributed by atoms with Crippen molar-refractivity contribution in [2.24, 2.45) is 0 Å². The van der Waals surface area contributed by atoms with Crippen LogP contribution in [0.3, 0.4) is 0 Å². The fourth-order valence-corrected chi connectivity index (χ4v) is 2.39. The molecule has 2 aromatic rings. The molecule has 0 aliphatic rings. The summed E-state index contributed by atoms with van der Waals surface area (Å²) >= 11 is 4.99. The summed E-state index contributed by atoms with van der Waals surface area (Å²) in [6.07, 6.45) is 0. The van der Waals surface area contributed by atoms with Crippen LogP contribution in [-0.4, -0.2) is 4.98 Å². The van der Waals surface area contributed by atoms with Gasteiger partial charge in [0.15, 0.2) is 0 Å². The summed E-state index contributed by atoms with van der Waals surface area (Å²) in [4.78, 5) is 4.32. The van der Waals surface area contributed by atoms with E-state index < -0.39 is 0 Å². The van der Waals surface area contributed by atoms with E-state index >= 15 is 0 Å². The van der Waals surface area contributed by atoms with Gasteiger partial charge in [0, 0.05) is 21.6 Å². The van der Waals surface area contributed by atoms with E-state index in [1.165, 1.54) is 0 Å². The second kappa shape index (κ2) is 4.84. The molecule has 0 unspecified atom stereocenters. The lowest BCUT2D eigenvalue weighted by molar-refractivity contribution is 0.302. The largest absolute Gasteiger partial charge is 0.487 e. The molecule has 0 bridgehead atoms. The smallest absolute Gasteiger partial charge is 0.131 e. The molecule has 5 heteroatoms. The molecule has 0 amide bonds. The van der Waals surface area contributed by atoms with E-state index in [2.05, 4.69) is 20.9 Å². The van der Waals surface area contributed by atoms with Crippen molar-refractivity contribution in [3.05, 3.63) is 38.8 Å². The summed E-state index contributed by atoms with van der Waals surface area (Å²) in [7, 11) is 0. The van der Waals surface area contributed by atoms with Crippen molar-refractivity contribution in [3.63, 3.8) is 0 Å². The first-order chi connectivity index (χ1) is 7.63. The Bertz CT molecular complexity index is 478. The fourth-order valence-electron chi connectivity index (χ4n) is 1.30. The van der Waals surface area contributed by atoms with Gasteiger partial charge >= 0.3 is 0 Å². The van der Waals surface area contributed by atoms with Gasteiger partial charge in [-0.2, -0.15) is 0 Å². The van der Waals surface area contributed by atoms with Crippen LogP contribution in [0.25, 0.3) is 0 Å². The third kappa shape index (κ3) is 2.96. The Morgan fingerprint density at radius 2 is 2.25 bits per heavy atom. The van der Waals surface area contributed by atoms with Crippen LogP contribution in [-0.2, 0) is 6.61 Å². The first-order valence-electron chi connectivity index (χ1n) is 4.73. The molecule has 2 rings (SSSR count). The molecule has 1 aromatic heterocycles. The van der Waals surface area contributed by atoms with Crippen LogP contribution in [0.4, 0.5) is 5.69 Å². The van der Waals surface area contributed by atoms with Crippen molar-refractivity contribution < 1.29 is 4.74 Å². The number of aryl methyl sites for hydroxylation is 1. The monoisotopic (exact) mass is 298 g/mol. The van der Waals surface area contributed by atoms with Gasteiger partial charge in [0.1, 0.15) is 12.4 Å². The number of hydrogen-bond donors (Lipinski definition) is 1. The fraction of sp³-hybridized carbons (Fsp3) is 0.182. The number of nitrogens with zero attached hydrogens (tertiary/aromatic N) is 1. The summed E-state index contributed by atoms with van der Waals surface area (Å²) < 4.78 is 6.52. The predicted molar refractivity (Wildman–Crippen MR) is 69.7 cm³/mol. The van der Waals surface area contributed by atoms with Crippen molar-refractivity contribution in [2.75, 3.05) is 5.73 Å². The van der Waals surface area contributed by atoms with Crippen molar-refractivity contribution in [1.29, 1.82) is 0 Å². The Hall–Kier alpha value is -1.07. The molecule has 0 fully saturated rings. The van der Waals surface area contributed by atoms with Gasteiger partial charge in [-0.05, 0) is 19.1 Å². The minimum absolute atomic E-state index is 0.472. The maximum Gasteiger partial charge on any atom is 0.131 e. The predicted octanol–water partition coefficient (Wildman–Crippen LogP) is 3.38. The zero-order chi connectivity index (χ0) is 11.5. The van der Waals surface area contributed by atoms with Gasteiger partial charge in [-0.3, -0.25) is 0 Å². The number of thiazole rings is 1. The van der Waals surface area contributed by atoms with E-state index in [1.54, 1.807) is 17.4 Å². The van der Waals surface area contributed by atoms with Crippen LogP contribution in [0.5, 0.6) is 5.75 Å². The van der Waals surface area contributed by atoms with E-state index in [4.69, 9.17) is 10.5 Å². The van der Waals surface area contributed by atoms with Crippen molar-refractivity contribution in [3.8, 4) is 5.75 Å². The summed E-state index contributed by atoms with van der Waals surface area (Å²) in [5, 5.41) is 3.05. The Morgan fingerprint density at radius 1 is 1.44 bits per heavy atom. The molecule has 0 spiro atoms. The van der Waals surface area contributed by atoms with Crippen LogP contribution in [0.15, 0.2) is 28.1 Å². The number of aromatic nitrogens is 1. The number of ether oxygens (including phenoxy) is 1. The van der Waals surface area contributed by atoms with Gasteiger partial charge in [0.2, 0.25) is 0 Å². The molecular formula is C11H11BrN2OS. The number of nitrogen functional groups attached to an aromatic ring is 1. The van der Waals surface area contributed by atoms with Crippen LogP contribution in [0, 0.1) is 6.92 Å². The molecule has 2 N–H and O–H groups in total. The minimum Gasteiger partial charge on any atom is -0.487 e. The van der Waals surface area contributed by atoms with E-state index in [1.807, 2.05) is 24.4 Å². The molecule has 1 aromatic carbocycles. The van der Waals surface area contributed by atoms with Gasteiger partial charge in [-0.25, -0.2) is 4.98 Å². The zero-order valence-corrected chi connectivity index (χ0v) is 11.1. The van der Waals surface area contributed by atoms with Gasteiger partial charge in [0.25, 0.3) is 0 Å². The standard InChI is InChI=1S/C11H11BrN2OS/c1-7-14-10(6-16-7)5-15-11-3-8(12)2-9(13)4-11/h2-4,6H,5,13H2,1H3. The van der Waals surface area contributed by atoms with E-state index in [-0.39, 0.29) is 0 Å². The molecule has 0 aliphatic carbocycles. The Balaban J connectivity index is 2.04. The molecule has 0 atom stereocenters. The van der Waals surface area contributed by atoms with Crippen molar-refractivity contribution in [2.45, 2.75) is 13.5 Å². The topological polar surface area (TPSA) is 48.1 Å². The summed E-state index contributed by atoms with van der Waals surface area (Å²) in [6, 6.07) is 5.51. The highest BCUT2D eigenvalue weighted by atomic mass is 79.9. The van der Waals surface area contributed by atoms with E-state index in [0.717, 1.165) is 20.9 Å². The van der Waals surface area contributed by atoms with Crippen LogP contribution >= 0.6 is 27.3 Å². The number of anilines is 1. The third-order valence-electron chi connectivity index (χ3n) is 1.95. The van der Waals surface area contributed by atoms with Gasteiger partial charge in [-0.1, -0.05) is 15.9 Å². The van der Waals surface area contributed by atoms with Crippen LogP contribution < -0.4 is 10.5 Å². The Labute approximate surface area is 106 Å². The highest BCUT2D eigenvalue weighted by Crippen LogP contribution is 2.23. The first kappa shape index (κ1) is 11.4. The number of rotatable bonds is 3. The molecule has 3 nitrogen and oxygen atoms in total. The Kier molecular flexibility index (Phi) is 3.46. The first-order valence-corrected chi connectivity index (χ1v) is 6.40. The third-order valence-corrected chi connectivity index (χ3v) is 3.23. The molecule has 0 saturated carbocycles. The maximum absolute atomic E-state index is 5.71. The lowest BCUT2D eigenvalue weighted by Gasteiger charge is -2.05. The Morgan fingerprint density at radius 3 is 2.88 bits per heavy atom.